The maximum atomic E-state index is 5.44. The molecule has 2 rings (SSSR count). The van der Waals surface area contributed by atoms with Gasteiger partial charge in [0.05, 0.1) is 6.21 Å². The number of rotatable bonds is 7. The van der Waals surface area contributed by atoms with Crippen molar-refractivity contribution in [3.63, 3.8) is 0 Å². The van der Waals surface area contributed by atoms with Crippen molar-refractivity contribution in [2.75, 3.05) is 6.61 Å². The molecule has 0 amide bonds. The molecule has 0 saturated heterocycles. The van der Waals surface area contributed by atoms with Gasteiger partial charge in [-0.2, -0.15) is 0 Å². The number of nitrogens with zero attached hydrogens (tertiary/aromatic N) is 1. The van der Waals surface area contributed by atoms with E-state index < -0.39 is 0 Å². The molecule has 0 aliphatic rings. The van der Waals surface area contributed by atoms with Crippen molar-refractivity contribution < 1.29 is 4.84 Å². The van der Waals surface area contributed by atoms with Crippen LogP contribution in [0.3, 0.4) is 0 Å². The zero-order valence-electron chi connectivity index (χ0n) is 13.3. The molecule has 0 aromatic heterocycles. The first-order valence-electron chi connectivity index (χ1n) is 7.58. The minimum Gasteiger partial charge on any atom is -0.395 e. The smallest absolute Gasteiger partial charge is 0.122 e. The molecule has 114 valence electrons. The molecule has 0 fully saturated rings. The fourth-order valence-corrected chi connectivity index (χ4v) is 1.99. The standard InChI is InChI=1S/C20H23NO/c1-20(2,15-9-14-18-10-5-3-6-11-18)17-22-21-16-19-12-7-4-8-13-19/h3-14,16H,15,17H2,1-2H3/b14-9+,21-16+. The third-order valence-corrected chi connectivity index (χ3v) is 3.31. The van der Waals surface area contributed by atoms with Crippen LogP contribution in [0, 0.1) is 5.41 Å². The lowest BCUT2D eigenvalue weighted by Crippen LogP contribution is -2.16. The highest BCUT2D eigenvalue weighted by Gasteiger charge is 2.16. The molecule has 0 aliphatic heterocycles. The average Bonchev–Trinajstić information content (AvgIpc) is 2.53. The summed E-state index contributed by atoms with van der Waals surface area (Å²) in [6.07, 6.45) is 7.03. The highest BCUT2D eigenvalue weighted by Crippen LogP contribution is 2.22. The summed E-state index contributed by atoms with van der Waals surface area (Å²) in [5.41, 5.74) is 2.32. The van der Waals surface area contributed by atoms with Crippen molar-refractivity contribution in [1.29, 1.82) is 0 Å². The molecule has 0 spiro atoms. The van der Waals surface area contributed by atoms with Gasteiger partial charge in [-0.1, -0.05) is 91.8 Å². The van der Waals surface area contributed by atoms with Gasteiger partial charge >= 0.3 is 0 Å². The Morgan fingerprint density at radius 3 is 2.14 bits per heavy atom. The molecule has 0 heterocycles. The van der Waals surface area contributed by atoms with E-state index >= 15 is 0 Å². The molecule has 0 atom stereocenters. The maximum absolute atomic E-state index is 5.44. The molecular weight excluding hydrogens is 270 g/mol. The van der Waals surface area contributed by atoms with Gasteiger partial charge < -0.3 is 4.84 Å². The summed E-state index contributed by atoms with van der Waals surface area (Å²) in [6, 6.07) is 20.3. The number of oxime groups is 1. The zero-order valence-corrected chi connectivity index (χ0v) is 13.3. The van der Waals surface area contributed by atoms with Crippen LogP contribution < -0.4 is 0 Å². The van der Waals surface area contributed by atoms with Crippen LogP contribution in [0.15, 0.2) is 71.9 Å². The van der Waals surface area contributed by atoms with E-state index in [2.05, 4.69) is 43.3 Å². The number of allylic oxidation sites excluding steroid dienone is 1. The van der Waals surface area contributed by atoms with Crippen LogP contribution in [0.5, 0.6) is 0 Å². The zero-order chi connectivity index (χ0) is 15.7. The Bertz CT molecular complexity index is 600. The molecule has 0 saturated carbocycles. The predicted molar refractivity (Wildman–Crippen MR) is 93.9 cm³/mol. The summed E-state index contributed by atoms with van der Waals surface area (Å²) in [6.45, 7) is 4.95. The first-order valence-corrected chi connectivity index (χ1v) is 7.58. The molecule has 2 aromatic carbocycles. The lowest BCUT2D eigenvalue weighted by molar-refractivity contribution is 0.0703. The molecule has 0 aliphatic carbocycles. The summed E-state index contributed by atoms with van der Waals surface area (Å²) in [4.78, 5) is 5.44. The van der Waals surface area contributed by atoms with Crippen molar-refractivity contribution in [1.82, 2.24) is 0 Å². The molecule has 22 heavy (non-hydrogen) atoms. The highest BCUT2D eigenvalue weighted by atomic mass is 16.6. The molecule has 2 nitrogen and oxygen atoms in total. The Kier molecular flexibility index (Phi) is 5.96. The number of hydrogen-bond donors (Lipinski definition) is 0. The van der Waals surface area contributed by atoms with E-state index in [1.807, 2.05) is 48.5 Å². The monoisotopic (exact) mass is 293 g/mol. The summed E-state index contributed by atoms with van der Waals surface area (Å²) in [5, 5.41) is 4.04. The maximum Gasteiger partial charge on any atom is 0.122 e. The first-order chi connectivity index (χ1) is 10.7. The van der Waals surface area contributed by atoms with Gasteiger partial charge in [0.2, 0.25) is 0 Å². The molecule has 0 bridgehead atoms. The van der Waals surface area contributed by atoms with Gasteiger partial charge in [-0.3, -0.25) is 0 Å². The fourth-order valence-electron chi connectivity index (χ4n) is 1.99. The van der Waals surface area contributed by atoms with Gasteiger partial charge in [0, 0.05) is 5.41 Å². The third kappa shape index (κ3) is 5.96. The van der Waals surface area contributed by atoms with Gasteiger partial charge in [0.25, 0.3) is 0 Å². The van der Waals surface area contributed by atoms with Crippen molar-refractivity contribution in [3.8, 4) is 0 Å². The van der Waals surface area contributed by atoms with Gasteiger partial charge in [0.1, 0.15) is 6.61 Å². The average molecular weight is 293 g/mol. The van der Waals surface area contributed by atoms with Crippen LogP contribution >= 0.6 is 0 Å². The Morgan fingerprint density at radius 1 is 0.909 bits per heavy atom. The van der Waals surface area contributed by atoms with Crippen LogP contribution in [-0.2, 0) is 4.84 Å². The Morgan fingerprint density at radius 2 is 1.50 bits per heavy atom. The number of benzene rings is 2. The van der Waals surface area contributed by atoms with Crippen molar-refractivity contribution in [2.45, 2.75) is 20.3 Å². The second-order valence-corrected chi connectivity index (χ2v) is 6.10. The van der Waals surface area contributed by atoms with Gasteiger partial charge in [0.15, 0.2) is 0 Å². The van der Waals surface area contributed by atoms with E-state index in [0.29, 0.717) is 6.61 Å². The van der Waals surface area contributed by atoms with E-state index in [-0.39, 0.29) is 5.41 Å². The lowest BCUT2D eigenvalue weighted by atomic mass is 9.90. The molecule has 0 unspecified atom stereocenters. The highest BCUT2D eigenvalue weighted by molar-refractivity contribution is 5.78. The predicted octanol–water partition coefficient (Wildman–Crippen LogP) is 5.17. The largest absolute Gasteiger partial charge is 0.395 e. The van der Waals surface area contributed by atoms with Crippen molar-refractivity contribution in [2.24, 2.45) is 10.6 Å². The quantitative estimate of drug-likeness (QED) is 0.510. The fraction of sp³-hybridized carbons (Fsp3) is 0.250. The Labute approximate surface area is 133 Å². The second kappa shape index (κ2) is 8.18. The normalized spacial score (nSPS) is 12.1. The number of hydrogen-bond acceptors (Lipinski definition) is 2. The topological polar surface area (TPSA) is 21.6 Å². The van der Waals surface area contributed by atoms with E-state index in [9.17, 15) is 0 Å². The van der Waals surface area contributed by atoms with E-state index in [0.717, 1.165) is 12.0 Å². The Hall–Kier alpha value is -2.35. The van der Waals surface area contributed by atoms with E-state index in [1.165, 1.54) is 5.56 Å². The third-order valence-electron chi connectivity index (χ3n) is 3.31. The molecule has 0 N–H and O–H groups in total. The SMILES string of the molecule is CC(C)(C/C=C/c1ccccc1)CO/N=C/c1ccccc1. The van der Waals surface area contributed by atoms with Crippen molar-refractivity contribution >= 4 is 12.3 Å². The van der Waals surface area contributed by atoms with Crippen LogP contribution in [-0.4, -0.2) is 12.8 Å². The summed E-state index contributed by atoms with van der Waals surface area (Å²) in [5.74, 6) is 0. The summed E-state index contributed by atoms with van der Waals surface area (Å²) < 4.78 is 0. The molecular formula is C20H23NO. The first kappa shape index (κ1) is 16.0. The summed E-state index contributed by atoms with van der Waals surface area (Å²) >= 11 is 0. The van der Waals surface area contributed by atoms with Crippen LogP contribution in [0.4, 0.5) is 0 Å². The lowest BCUT2D eigenvalue weighted by Gasteiger charge is -2.20. The summed E-state index contributed by atoms with van der Waals surface area (Å²) in [7, 11) is 0. The van der Waals surface area contributed by atoms with E-state index in [1.54, 1.807) is 6.21 Å². The molecule has 2 heteroatoms. The molecule has 2 aromatic rings. The van der Waals surface area contributed by atoms with Gasteiger partial charge in [-0.25, -0.2) is 0 Å². The van der Waals surface area contributed by atoms with Gasteiger partial charge in [-0.15, -0.1) is 0 Å². The van der Waals surface area contributed by atoms with Crippen molar-refractivity contribution in [3.05, 3.63) is 77.9 Å². The van der Waals surface area contributed by atoms with Gasteiger partial charge in [-0.05, 0) is 17.5 Å². The Balaban J connectivity index is 1.76. The minimum absolute atomic E-state index is 0.0549. The minimum atomic E-state index is 0.0549. The second-order valence-electron chi connectivity index (χ2n) is 6.10. The van der Waals surface area contributed by atoms with Crippen LogP contribution in [0.1, 0.15) is 31.4 Å². The van der Waals surface area contributed by atoms with Crippen LogP contribution in [0.2, 0.25) is 0 Å². The van der Waals surface area contributed by atoms with E-state index in [4.69, 9.17) is 4.84 Å². The molecule has 0 radical (unpaired) electrons. The van der Waals surface area contributed by atoms with Crippen LogP contribution in [0.25, 0.3) is 6.08 Å².